The van der Waals surface area contributed by atoms with Crippen LogP contribution in [0, 0.1) is 18.3 Å². The molecule has 0 spiro atoms. The lowest BCUT2D eigenvalue weighted by Crippen LogP contribution is -2.41. The molecule has 1 saturated heterocycles. The van der Waals surface area contributed by atoms with Crippen molar-refractivity contribution < 1.29 is 9.53 Å². The number of likely N-dealkylation sites (tertiary alicyclic amines) is 1. The van der Waals surface area contributed by atoms with Crippen molar-refractivity contribution in [2.45, 2.75) is 52.1 Å². The molecule has 2 heterocycles. The van der Waals surface area contributed by atoms with Crippen LogP contribution in [0.25, 0.3) is 0 Å². The summed E-state index contributed by atoms with van der Waals surface area (Å²) in [5.41, 5.74) is 2.01. The topological polar surface area (TPSA) is 66.2 Å². The number of rotatable bonds is 1. The zero-order chi connectivity index (χ0) is 16.3. The number of carbonyl (C=O) groups is 1. The van der Waals surface area contributed by atoms with Gasteiger partial charge in [-0.3, -0.25) is 4.98 Å². The zero-order valence-corrected chi connectivity index (χ0v) is 13.7. The Morgan fingerprint density at radius 3 is 2.55 bits per heavy atom. The summed E-state index contributed by atoms with van der Waals surface area (Å²) >= 11 is 0. The van der Waals surface area contributed by atoms with Gasteiger partial charge in [0.15, 0.2) is 0 Å². The monoisotopic (exact) mass is 301 g/mol. The van der Waals surface area contributed by atoms with Crippen LogP contribution in [0.2, 0.25) is 0 Å². The molecule has 0 aliphatic carbocycles. The SMILES string of the molecule is Cc1cc(C#N)cc(C2CCN(C(=O)OC(C)(C)C)CC2)n1. The van der Waals surface area contributed by atoms with Crippen molar-refractivity contribution in [2.75, 3.05) is 13.1 Å². The number of hydrogen-bond acceptors (Lipinski definition) is 4. The molecule has 0 N–H and O–H groups in total. The minimum absolute atomic E-state index is 0.249. The van der Waals surface area contributed by atoms with E-state index in [0.717, 1.165) is 24.2 Å². The predicted molar refractivity (Wildman–Crippen MR) is 83.5 cm³/mol. The maximum Gasteiger partial charge on any atom is 0.410 e. The molecular formula is C17H23N3O2. The van der Waals surface area contributed by atoms with Crippen LogP contribution in [0.3, 0.4) is 0 Å². The van der Waals surface area contributed by atoms with Crippen molar-refractivity contribution in [3.8, 4) is 6.07 Å². The second-order valence-corrected chi connectivity index (χ2v) is 6.78. The van der Waals surface area contributed by atoms with Crippen LogP contribution < -0.4 is 0 Å². The lowest BCUT2D eigenvalue weighted by molar-refractivity contribution is 0.0204. The van der Waals surface area contributed by atoms with Gasteiger partial charge in [-0.15, -0.1) is 0 Å². The lowest BCUT2D eigenvalue weighted by Gasteiger charge is -2.33. The molecule has 0 atom stereocenters. The third-order valence-electron chi connectivity index (χ3n) is 3.67. The van der Waals surface area contributed by atoms with Gasteiger partial charge in [0.25, 0.3) is 0 Å². The Morgan fingerprint density at radius 2 is 2.00 bits per heavy atom. The highest BCUT2D eigenvalue weighted by Gasteiger charge is 2.28. The molecule has 1 aliphatic rings. The number of ether oxygens (including phenoxy) is 1. The van der Waals surface area contributed by atoms with E-state index in [9.17, 15) is 4.79 Å². The maximum atomic E-state index is 12.1. The summed E-state index contributed by atoms with van der Waals surface area (Å²) in [6, 6.07) is 5.83. The van der Waals surface area contributed by atoms with Crippen molar-refractivity contribution in [3.63, 3.8) is 0 Å². The first kappa shape index (κ1) is 16.3. The minimum atomic E-state index is -0.465. The molecule has 1 aromatic heterocycles. The standard InChI is InChI=1S/C17H23N3O2/c1-12-9-13(11-18)10-15(19-12)14-5-7-20(8-6-14)16(21)22-17(2,3)4/h9-10,14H,5-8H2,1-4H3. The summed E-state index contributed by atoms with van der Waals surface area (Å²) in [4.78, 5) is 18.4. The highest BCUT2D eigenvalue weighted by atomic mass is 16.6. The van der Waals surface area contributed by atoms with Crippen molar-refractivity contribution in [2.24, 2.45) is 0 Å². The van der Waals surface area contributed by atoms with Gasteiger partial charge in [-0.05, 0) is 52.7 Å². The predicted octanol–water partition coefficient (Wildman–Crippen LogP) is 3.38. The summed E-state index contributed by atoms with van der Waals surface area (Å²) in [7, 11) is 0. The number of aromatic nitrogens is 1. The molecule has 118 valence electrons. The number of nitrogens with zero attached hydrogens (tertiary/aromatic N) is 3. The van der Waals surface area contributed by atoms with Gasteiger partial charge in [0.1, 0.15) is 5.60 Å². The highest BCUT2D eigenvalue weighted by molar-refractivity contribution is 5.68. The lowest BCUT2D eigenvalue weighted by atomic mass is 9.92. The zero-order valence-electron chi connectivity index (χ0n) is 13.7. The van der Waals surface area contributed by atoms with Crippen LogP contribution in [0.1, 0.15) is 56.5 Å². The largest absolute Gasteiger partial charge is 0.444 e. The van der Waals surface area contributed by atoms with E-state index in [-0.39, 0.29) is 6.09 Å². The van der Waals surface area contributed by atoms with E-state index < -0.39 is 5.60 Å². The van der Waals surface area contributed by atoms with Crippen molar-refractivity contribution in [1.82, 2.24) is 9.88 Å². The smallest absolute Gasteiger partial charge is 0.410 e. The highest BCUT2D eigenvalue weighted by Crippen LogP contribution is 2.28. The normalized spacial score (nSPS) is 16.2. The molecule has 5 nitrogen and oxygen atoms in total. The number of carbonyl (C=O) groups excluding carboxylic acids is 1. The summed E-state index contributed by atoms with van der Waals surface area (Å²) in [5, 5.41) is 9.06. The van der Waals surface area contributed by atoms with Crippen LogP contribution in [0.15, 0.2) is 12.1 Å². The van der Waals surface area contributed by atoms with Crippen LogP contribution in [0.5, 0.6) is 0 Å². The summed E-state index contributed by atoms with van der Waals surface area (Å²) in [6.07, 6.45) is 1.45. The van der Waals surface area contributed by atoms with Crippen molar-refractivity contribution in [1.29, 1.82) is 5.26 Å². The molecule has 0 radical (unpaired) electrons. The molecule has 1 aliphatic heterocycles. The van der Waals surface area contributed by atoms with E-state index in [1.807, 2.05) is 33.8 Å². The number of amides is 1. The number of aryl methyl sites for hydroxylation is 1. The van der Waals surface area contributed by atoms with Crippen molar-refractivity contribution in [3.05, 3.63) is 29.1 Å². The third-order valence-corrected chi connectivity index (χ3v) is 3.67. The molecule has 0 aromatic carbocycles. The second-order valence-electron chi connectivity index (χ2n) is 6.78. The van der Waals surface area contributed by atoms with Crippen LogP contribution in [-0.2, 0) is 4.74 Å². The molecule has 0 saturated carbocycles. The first-order valence-electron chi connectivity index (χ1n) is 7.65. The fourth-order valence-electron chi connectivity index (χ4n) is 2.65. The number of hydrogen-bond donors (Lipinski definition) is 0. The molecular weight excluding hydrogens is 278 g/mol. The Balaban J connectivity index is 1.99. The van der Waals surface area contributed by atoms with Crippen LogP contribution in [-0.4, -0.2) is 34.7 Å². The van der Waals surface area contributed by atoms with E-state index in [2.05, 4.69) is 11.1 Å². The minimum Gasteiger partial charge on any atom is -0.444 e. The molecule has 1 aromatic rings. The van der Waals surface area contributed by atoms with Crippen LogP contribution in [0.4, 0.5) is 4.79 Å². The summed E-state index contributed by atoms with van der Waals surface area (Å²) < 4.78 is 5.40. The molecule has 0 bridgehead atoms. The molecule has 22 heavy (non-hydrogen) atoms. The van der Waals surface area contributed by atoms with E-state index in [4.69, 9.17) is 10.00 Å². The Hall–Kier alpha value is -2.09. The number of pyridine rings is 1. The Labute approximate surface area is 131 Å². The van der Waals surface area contributed by atoms with Crippen LogP contribution >= 0.6 is 0 Å². The molecule has 5 heteroatoms. The van der Waals surface area contributed by atoms with Gasteiger partial charge in [0, 0.05) is 30.4 Å². The van der Waals surface area contributed by atoms with E-state index in [1.54, 1.807) is 11.0 Å². The van der Waals surface area contributed by atoms with Gasteiger partial charge in [-0.2, -0.15) is 5.26 Å². The van der Waals surface area contributed by atoms with E-state index in [1.165, 1.54) is 0 Å². The summed E-state index contributed by atoms with van der Waals surface area (Å²) in [5.74, 6) is 0.297. The number of nitriles is 1. The van der Waals surface area contributed by atoms with E-state index in [0.29, 0.717) is 24.6 Å². The molecule has 1 fully saturated rings. The van der Waals surface area contributed by atoms with Gasteiger partial charge in [-0.1, -0.05) is 0 Å². The Bertz CT molecular complexity index is 591. The number of piperidine rings is 1. The van der Waals surface area contributed by atoms with Gasteiger partial charge in [0.2, 0.25) is 0 Å². The Morgan fingerprint density at radius 1 is 1.36 bits per heavy atom. The fourth-order valence-corrected chi connectivity index (χ4v) is 2.65. The molecule has 2 rings (SSSR count). The summed E-state index contributed by atoms with van der Waals surface area (Å²) in [6.45, 7) is 8.85. The second kappa shape index (κ2) is 6.35. The maximum absolute atomic E-state index is 12.1. The molecule has 0 unspecified atom stereocenters. The Kier molecular flexibility index (Phi) is 4.70. The van der Waals surface area contributed by atoms with Gasteiger partial charge in [0.05, 0.1) is 11.6 Å². The van der Waals surface area contributed by atoms with Crippen molar-refractivity contribution >= 4 is 6.09 Å². The van der Waals surface area contributed by atoms with Gasteiger partial charge in [-0.25, -0.2) is 4.79 Å². The third kappa shape index (κ3) is 4.20. The fraction of sp³-hybridized carbons (Fsp3) is 0.588. The average Bonchev–Trinajstić information content (AvgIpc) is 2.45. The van der Waals surface area contributed by atoms with Gasteiger partial charge < -0.3 is 9.64 Å². The van der Waals surface area contributed by atoms with Gasteiger partial charge >= 0.3 is 6.09 Å². The first-order chi connectivity index (χ1) is 10.3. The average molecular weight is 301 g/mol. The first-order valence-corrected chi connectivity index (χ1v) is 7.65. The molecule has 1 amide bonds. The quantitative estimate of drug-likeness (QED) is 0.797. The van der Waals surface area contributed by atoms with E-state index >= 15 is 0 Å².